The maximum atomic E-state index is 11.6. The van der Waals surface area contributed by atoms with Crippen LogP contribution in [0, 0.1) is 11.3 Å². The summed E-state index contributed by atoms with van der Waals surface area (Å²) in [5.74, 6) is 1.20. The number of rotatable bonds is 1. The molecule has 0 amide bonds. The number of hydrogen-bond acceptors (Lipinski definition) is 1. The van der Waals surface area contributed by atoms with Crippen molar-refractivity contribution in [2.45, 2.75) is 58.8 Å². The van der Waals surface area contributed by atoms with Crippen molar-refractivity contribution in [3.05, 3.63) is 11.6 Å². The van der Waals surface area contributed by atoms with Crippen LogP contribution >= 0.6 is 0 Å². The first kappa shape index (κ1) is 10.9. The molecule has 1 spiro atoms. The number of ketones is 1. The fourth-order valence-corrected chi connectivity index (χ4v) is 3.57. The van der Waals surface area contributed by atoms with Gasteiger partial charge in [0.2, 0.25) is 0 Å². The zero-order chi connectivity index (χ0) is 10.9. The van der Waals surface area contributed by atoms with Crippen molar-refractivity contribution in [3.8, 4) is 0 Å². The number of hydrogen-bond donors (Lipinski definition) is 0. The van der Waals surface area contributed by atoms with Crippen LogP contribution in [0.15, 0.2) is 11.6 Å². The predicted molar refractivity (Wildman–Crippen MR) is 62.7 cm³/mol. The highest BCUT2D eigenvalue weighted by molar-refractivity contribution is 5.80. The van der Waals surface area contributed by atoms with E-state index in [1.807, 2.05) is 0 Å². The molecule has 15 heavy (non-hydrogen) atoms. The predicted octanol–water partition coefficient (Wildman–Crippen LogP) is 3.88. The quantitative estimate of drug-likeness (QED) is 0.595. The van der Waals surface area contributed by atoms with E-state index < -0.39 is 0 Å². The second-order valence-corrected chi connectivity index (χ2v) is 5.67. The van der Waals surface area contributed by atoms with Crippen LogP contribution in [0.25, 0.3) is 0 Å². The Kier molecular flexibility index (Phi) is 2.99. The zero-order valence-corrected chi connectivity index (χ0v) is 10.0. The third-order valence-electron chi connectivity index (χ3n) is 4.19. The molecule has 1 heteroatoms. The van der Waals surface area contributed by atoms with Gasteiger partial charge < -0.3 is 0 Å². The molecule has 1 unspecified atom stereocenters. The van der Waals surface area contributed by atoms with E-state index in [0.29, 0.717) is 17.1 Å². The number of carbonyl (C=O) groups excluding carboxylic acids is 1. The first-order valence-corrected chi connectivity index (χ1v) is 6.29. The van der Waals surface area contributed by atoms with Crippen molar-refractivity contribution in [1.29, 1.82) is 0 Å². The Labute approximate surface area is 92.9 Å². The molecule has 2 aliphatic carbocycles. The summed E-state index contributed by atoms with van der Waals surface area (Å²) >= 11 is 0. The molecule has 1 nitrogen and oxygen atoms in total. The molecule has 0 heterocycles. The lowest BCUT2D eigenvalue weighted by atomic mass is 9.67. The lowest BCUT2D eigenvalue weighted by molar-refractivity contribution is -0.124. The second-order valence-electron chi connectivity index (χ2n) is 5.67. The van der Waals surface area contributed by atoms with E-state index >= 15 is 0 Å². The summed E-state index contributed by atoms with van der Waals surface area (Å²) < 4.78 is 0. The Morgan fingerprint density at radius 1 is 1.33 bits per heavy atom. The average Bonchev–Trinajstić information content (AvgIpc) is 2.48. The summed E-state index contributed by atoms with van der Waals surface area (Å²) in [7, 11) is 0. The van der Waals surface area contributed by atoms with Gasteiger partial charge in [-0.15, -0.1) is 0 Å². The molecule has 2 rings (SSSR count). The average molecular weight is 206 g/mol. The van der Waals surface area contributed by atoms with Crippen LogP contribution in [-0.2, 0) is 4.79 Å². The van der Waals surface area contributed by atoms with Crippen molar-refractivity contribution >= 4 is 5.78 Å². The van der Waals surface area contributed by atoms with Crippen LogP contribution in [-0.4, -0.2) is 5.78 Å². The molecule has 2 fully saturated rings. The van der Waals surface area contributed by atoms with Gasteiger partial charge in [-0.25, -0.2) is 0 Å². The molecular weight excluding hydrogens is 184 g/mol. The van der Waals surface area contributed by atoms with E-state index in [9.17, 15) is 4.79 Å². The van der Waals surface area contributed by atoms with Crippen LogP contribution in [0.1, 0.15) is 58.8 Å². The van der Waals surface area contributed by atoms with Crippen LogP contribution in [0.4, 0.5) is 0 Å². The maximum absolute atomic E-state index is 11.6. The van der Waals surface area contributed by atoms with Crippen LogP contribution in [0.2, 0.25) is 0 Å². The van der Waals surface area contributed by atoms with Crippen molar-refractivity contribution < 1.29 is 4.79 Å². The van der Waals surface area contributed by atoms with Gasteiger partial charge in [-0.05, 0) is 50.9 Å². The van der Waals surface area contributed by atoms with Gasteiger partial charge in [-0.2, -0.15) is 0 Å². The van der Waals surface area contributed by atoms with Gasteiger partial charge in [0.05, 0.1) is 0 Å². The van der Waals surface area contributed by atoms with Gasteiger partial charge in [0.25, 0.3) is 0 Å². The highest BCUT2D eigenvalue weighted by Crippen LogP contribution is 2.52. The first-order chi connectivity index (χ1) is 7.12. The number of carbonyl (C=O) groups is 1. The molecule has 2 saturated carbocycles. The third-order valence-corrected chi connectivity index (χ3v) is 4.19. The highest BCUT2D eigenvalue weighted by atomic mass is 16.1. The van der Waals surface area contributed by atoms with E-state index in [0.717, 1.165) is 19.3 Å². The van der Waals surface area contributed by atoms with E-state index in [1.54, 1.807) is 0 Å². The van der Waals surface area contributed by atoms with Crippen molar-refractivity contribution in [2.24, 2.45) is 11.3 Å². The normalized spacial score (nSPS) is 35.9. The van der Waals surface area contributed by atoms with E-state index in [1.165, 1.54) is 31.3 Å². The Balaban J connectivity index is 2.17. The number of Topliss-reactive ketones (excluding diaryl/α,β-unsaturated/α-hetero) is 1. The van der Waals surface area contributed by atoms with Gasteiger partial charge in [0.15, 0.2) is 0 Å². The Hall–Kier alpha value is -0.590. The summed E-state index contributed by atoms with van der Waals surface area (Å²) in [6.45, 7) is 4.35. The van der Waals surface area contributed by atoms with E-state index in [-0.39, 0.29) is 0 Å². The molecule has 2 atom stereocenters. The monoisotopic (exact) mass is 206 g/mol. The molecule has 0 bridgehead atoms. The van der Waals surface area contributed by atoms with E-state index in [2.05, 4.69) is 19.9 Å². The summed E-state index contributed by atoms with van der Waals surface area (Å²) in [5, 5.41) is 0. The van der Waals surface area contributed by atoms with Gasteiger partial charge in [0, 0.05) is 12.8 Å². The van der Waals surface area contributed by atoms with Crippen LogP contribution < -0.4 is 0 Å². The molecule has 0 aromatic rings. The Morgan fingerprint density at radius 3 is 2.73 bits per heavy atom. The SMILES string of the molecule is CC(C)=CC1CCC[C@@]12CCCC(=O)C2. The molecular formula is C14H22O. The minimum absolute atomic E-state index is 0.368. The first-order valence-electron chi connectivity index (χ1n) is 6.29. The molecule has 0 saturated heterocycles. The summed E-state index contributed by atoms with van der Waals surface area (Å²) in [6.07, 6.45) is 10.4. The topological polar surface area (TPSA) is 17.1 Å². The van der Waals surface area contributed by atoms with Gasteiger partial charge >= 0.3 is 0 Å². The standard InChI is InChI=1S/C14H22O/c1-11(2)9-12-5-3-7-14(12)8-4-6-13(15)10-14/h9,12H,3-8,10H2,1-2H3/t12?,14-/m0/s1. The summed E-state index contributed by atoms with van der Waals surface area (Å²) in [5.41, 5.74) is 1.78. The molecule has 0 N–H and O–H groups in total. The molecule has 0 aliphatic heterocycles. The third kappa shape index (κ3) is 2.16. The fourth-order valence-electron chi connectivity index (χ4n) is 3.57. The zero-order valence-electron chi connectivity index (χ0n) is 10.0. The molecule has 0 aromatic carbocycles. The van der Waals surface area contributed by atoms with Gasteiger partial charge in [0.1, 0.15) is 5.78 Å². The van der Waals surface area contributed by atoms with Crippen LogP contribution in [0.3, 0.4) is 0 Å². The fraction of sp³-hybridized carbons (Fsp3) is 0.786. The minimum atomic E-state index is 0.368. The van der Waals surface area contributed by atoms with Crippen LogP contribution in [0.5, 0.6) is 0 Å². The lowest BCUT2D eigenvalue weighted by Gasteiger charge is -2.37. The number of allylic oxidation sites excluding steroid dienone is 2. The lowest BCUT2D eigenvalue weighted by Crippen LogP contribution is -2.31. The molecule has 0 radical (unpaired) electrons. The van der Waals surface area contributed by atoms with E-state index in [4.69, 9.17) is 0 Å². The molecule has 2 aliphatic rings. The maximum Gasteiger partial charge on any atom is 0.133 e. The van der Waals surface area contributed by atoms with Crippen molar-refractivity contribution in [2.75, 3.05) is 0 Å². The second kappa shape index (κ2) is 4.11. The summed E-state index contributed by atoms with van der Waals surface area (Å²) in [4.78, 5) is 11.6. The van der Waals surface area contributed by atoms with Crippen molar-refractivity contribution in [3.63, 3.8) is 0 Å². The minimum Gasteiger partial charge on any atom is -0.300 e. The van der Waals surface area contributed by atoms with Gasteiger partial charge in [-0.3, -0.25) is 4.79 Å². The molecule has 84 valence electrons. The summed E-state index contributed by atoms with van der Waals surface area (Å²) in [6, 6.07) is 0. The highest BCUT2D eigenvalue weighted by Gasteiger charge is 2.44. The van der Waals surface area contributed by atoms with Crippen molar-refractivity contribution in [1.82, 2.24) is 0 Å². The van der Waals surface area contributed by atoms with Gasteiger partial charge in [-0.1, -0.05) is 18.1 Å². The Bertz CT molecular complexity index is 286. The Morgan fingerprint density at radius 2 is 2.07 bits per heavy atom. The molecule has 0 aromatic heterocycles. The largest absolute Gasteiger partial charge is 0.300 e. The smallest absolute Gasteiger partial charge is 0.133 e.